The first-order valence-electron chi connectivity index (χ1n) is 14.4. The van der Waals surface area contributed by atoms with Crippen LogP contribution in [0.2, 0.25) is 0 Å². The maximum Gasteiger partial charge on any atom is 0.225 e. The molecule has 0 amide bonds. The summed E-state index contributed by atoms with van der Waals surface area (Å²) in [6, 6.07) is 19.4. The van der Waals surface area contributed by atoms with Crippen LogP contribution in [-0.2, 0) is 0 Å². The summed E-state index contributed by atoms with van der Waals surface area (Å²) in [5.74, 6) is 2.44. The molecule has 9 heteroatoms. The second-order valence-corrected chi connectivity index (χ2v) is 10.2. The van der Waals surface area contributed by atoms with Crippen LogP contribution >= 0.6 is 0 Å². The van der Waals surface area contributed by atoms with E-state index in [1.165, 1.54) is 11.4 Å². The topological polar surface area (TPSA) is 70.4 Å². The average molecular weight is 534 g/mol. The smallest absolute Gasteiger partial charge is 0.225 e. The Kier molecular flexibility index (Phi) is 5.69. The number of nitrogens with one attached hydrogen (secondary N) is 1. The monoisotopic (exact) mass is 533 g/mol. The third-order valence-electron chi connectivity index (χ3n) is 8.12. The van der Waals surface area contributed by atoms with Crippen LogP contribution in [0.15, 0.2) is 54.6 Å². The van der Waals surface area contributed by atoms with Gasteiger partial charge >= 0.3 is 0 Å². The Morgan fingerprint density at radius 3 is 1.35 bits per heavy atom. The second-order valence-electron chi connectivity index (χ2n) is 10.2. The fourth-order valence-corrected chi connectivity index (χ4v) is 6.09. The number of aromatic nitrogens is 6. The molecule has 0 spiro atoms. The highest BCUT2D eigenvalue weighted by Crippen LogP contribution is 2.32. The Bertz CT molecular complexity index is 1980. The lowest BCUT2D eigenvalue weighted by Gasteiger charge is -2.21. The molecule has 0 bridgehead atoms. The largest absolute Gasteiger partial charge is 0.385 e. The number of nitrogens with zero attached hydrogens (tertiary/aromatic N) is 8. The fraction of sp³-hybridized carbons (Fsp3) is 0.323. The van der Waals surface area contributed by atoms with E-state index in [0.29, 0.717) is 0 Å². The molecule has 4 aromatic heterocycles. The van der Waals surface area contributed by atoms with Crippen LogP contribution in [0.5, 0.6) is 0 Å². The van der Waals surface area contributed by atoms with Crippen LogP contribution in [0.1, 0.15) is 34.6 Å². The number of fused-ring (bicyclic) bond motifs is 12. The minimum Gasteiger partial charge on any atom is -0.385 e. The van der Waals surface area contributed by atoms with Gasteiger partial charge in [-0.05, 0) is 89.2 Å². The zero-order valence-electron chi connectivity index (χ0n) is 23.8. The molecule has 0 atom stereocenters. The van der Waals surface area contributed by atoms with Crippen LogP contribution in [-0.4, -0.2) is 60.9 Å². The SMILES string of the molecule is CCNc1ccc2nc3n(c2c1)c1nc2ccc(N(CC)CC)cc2n1c1nc2ccc(N(CC)CC)cc2n31. The van der Waals surface area contributed by atoms with Crippen LogP contribution < -0.4 is 15.1 Å². The van der Waals surface area contributed by atoms with Crippen molar-refractivity contribution in [2.24, 2.45) is 0 Å². The molecule has 0 fully saturated rings. The minimum absolute atomic E-state index is 0.810. The molecule has 0 saturated carbocycles. The predicted molar refractivity (Wildman–Crippen MR) is 166 cm³/mol. The molecule has 0 saturated heterocycles. The maximum absolute atomic E-state index is 5.19. The first-order chi connectivity index (χ1) is 19.6. The fourth-order valence-electron chi connectivity index (χ4n) is 6.09. The standard InChI is InChI=1S/C31H35N9/c1-6-32-20-11-14-23-26(17-20)38-29(33-23)39-28-19-22(37(9-4)10-5)13-16-25(28)35-31(39)40-27-18-21(36(7-2)8-3)12-15-24(27)34-30(38)40/h11-19,32H,6-10H2,1-5H3. The second kappa shape index (κ2) is 9.29. The van der Waals surface area contributed by atoms with Crippen molar-refractivity contribution >= 4 is 67.5 Å². The van der Waals surface area contributed by atoms with Crippen molar-refractivity contribution in [1.29, 1.82) is 0 Å². The molecule has 7 aromatic rings. The lowest BCUT2D eigenvalue weighted by atomic mass is 10.2. The Balaban J connectivity index is 1.68. The molecular formula is C31H35N9. The summed E-state index contributed by atoms with van der Waals surface area (Å²) in [7, 11) is 0. The summed E-state index contributed by atoms with van der Waals surface area (Å²) < 4.78 is 6.59. The van der Waals surface area contributed by atoms with Gasteiger partial charge in [0, 0.05) is 49.8 Å². The van der Waals surface area contributed by atoms with E-state index < -0.39 is 0 Å². The van der Waals surface area contributed by atoms with Gasteiger partial charge in [-0.25, -0.2) is 28.2 Å². The van der Waals surface area contributed by atoms with E-state index in [9.17, 15) is 0 Å². The molecule has 3 aromatic carbocycles. The van der Waals surface area contributed by atoms with Gasteiger partial charge in [0.1, 0.15) is 0 Å². The van der Waals surface area contributed by atoms with E-state index in [1.54, 1.807) is 0 Å². The summed E-state index contributed by atoms with van der Waals surface area (Å²) in [5.41, 5.74) is 9.32. The van der Waals surface area contributed by atoms with Gasteiger partial charge in [-0.2, -0.15) is 0 Å². The quantitative estimate of drug-likeness (QED) is 0.250. The van der Waals surface area contributed by atoms with E-state index in [2.05, 4.69) is 118 Å². The number of rotatable bonds is 8. The highest BCUT2D eigenvalue weighted by atomic mass is 15.3. The highest BCUT2D eigenvalue weighted by molar-refractivity contribution is 5.93. The Hall–Kier alpha value is -4.53. The molecule has 0 aliphatic heterocycles. The molecule has 0 aliphatic rings. The van der Waals surface area contributed by atoms with Crippen molar-refractivity contribution in [1.82, 2.24) is 28.2 Å². The van der Waals surface area contributed by atoms with E-state index in [-0.39, 0.29) is 0 Å². The Labute approximate surface area is 232 Å². The van der Waals surface area contributed by atoms with Gasteiger partial charge in [-0.3, -0.25) is 0 Å². The van der Waals surface area contributed by atoms with Crippen molar-refractivity contribution in [2.75, 3.05) is 47.8 Å². The number of anilines is 3. The summed E-state index contributed by atoms with van der Waals surface area (Å²) in [5, 5.41) is 3.46. The molecule has 1 N–H and O–H groups in total. The highest BCUT2D eigenvalue weighted by Gasteiger charge is 2.22. The van der Waals surface area contributed by atoms with Crippen molar-refractivity contribution < 1.29 is 0 Å². The zero-order chi connectivity index (χ0) is 27.5. The Morgan fingerprint density at radius 2 is 0.950 bits per heavy atom. The van der Waals surface area contributed by atoms with Crippen LogP contribution in [0.3, 0.4) is 0 Å². The van der Waals surface area contributed by atoms with Gasteiger partial charge in [-0.1, -0.05) is 0 Å². The number of benzene rings is 3. The Morgan fingerprint density at radius 1 is 0.550 bits per heavy atom. The first kappa shape index (κ1) is 24.5. The third-order valence-corrected chi connectivity index (χ3v) is 8.12. The van der Waals surface area contributed by atoms with Crippen LogP contribution in [0.25, 0.3) is 50.4 Å². The average Bonchev–Trinajstić information content (AvgIpc) is 3.65. The van der Waals surface area contributed by atoms with Crippen LogP contribution in [0, 0.1) is 0 Å². The van der Waals surface area contributed by atoms with Crippen LogP contribution in [0.4, 0.5) is 17.1 Å². The van der Waals surface area contributed by atoms with Gasteiger partial charge in [0.2, 0.25) is 17.3 Å². The first-order valence-corrected chi connectivity index (χ1v) is 14.4. The van der Waals surface area contributed by atoms with Crippen molar-refractivity contribution in [3.05, 3.63) is 54.6 Å². The predicted octanol–water partition coefficient (Wildman–Crippen LogP) is 6.21. The zero-order valence-corrected chi connectivity index (χ0v) is 23.8. The van der Waals surface area contributed by atoms with Gasteiger partial charge in [0.15, 0.2) is 0 Å². The minimum atomic E-state index is 0.810. The maximum atomic E-state index is 5.19. The van der Waals surface area contributed by atoms with E-state index in [0.717, 1.165) is 88.8 Å². The summed E-state index contributed by atoms with van der Waals surface area (Å²) in [6.07, 6.45) is 0. The molecule has 204 valence electrons. The molecule has 0 radical (unpaired) electrons. The van der Waals surface area contributed by atoms with E-state index in [1.807, 2.05) is 0 Å². The van der Waals surface area contributed by atoms with Gasteiger partial charge < -0.3 is 15.1 Å². The molecule has 0 aliphatic carbocycles. The molecular weight excluding hydrogens is 498 g/mol. The molecule has 7 rings (SSSR count). The third kappa shape index (κ3) is 3.43. The summed E-state index contributed by atoms with van der Waals surface area (Å²) in [6.45, 7) is 15.5. The number of imidazole rings is 3. The van der Waals surface area contributed by atoms with Crippen molar-refractivity contribution in [3.8, 4) is 0 Å². The van der Waals surface area contributed by atoms with Crippen molar-refractivity contribution in [3.63, 3.8) is 0 Å². The van der Waals surface area contributed by atoms with E-state index >= 15 is 0 Å². The van der Waals surface area contributed by atoms with Crippen molar-refractivity contribution in [2.45, 2.75) is 34.6 Å². The summed E-state index contributed by atoms with van der Waals surface area (Å²) in [4.78, 5) is 20.2. The number of hydrogen-bond acceptors (Lipinski definition) is 6. The van der Waals surface area contributed by atoms with Gasteiger partial charge in [-0.15, -0.1) is 0 Å². The molecule has 0 unspecified atom stereocenters. The molecule has 9 nitrogen and oxygen atoms in total. The normalized spacial score (nSPS) is 12.1. The summed E-state index contributed by atoms with van der Waals surface area (Å²) >= 11 is 0. The molecule has 4 heterocycles. The van der Waals surface area contributed by atoms with Gasteiger partial charge in [0.25, 0.3) is 0 Å². The van der Waals surface area contributed by atoms with E-state index in [4.69, 9.17) is 15.0 Å². The lowest BCUT2D eigenvalue weighted by Crippen LogP contribution is -2.21. The molecule has 40 heavy (non-hydrogen) atoms. The van der Waals surface area contributed by atoms with Gasteiger partial charge in [0.05, 0.1) is 33.1 Å². The number of hydrogen-bond donors (Lipinski definition) is 1. The lowest BCUT2D eigenvalue weighted by molar-refractivity contribution is 0.867.